The smallest absolute Gasteiger partial charge is 0.160 e. The molecule has 1 aliphatic heterocycles. The van der Waals surface area contributed by atoms with E-state index >= 15 is 0 Å². The van der Waals surface area contributed by atoms with E-state index in [0.29, 0.717) is 0 Å². The van der Waals surface area contributed by atoms with Gasteiger partial charge in [0.15, 0.2) is 5.82 Å². The first-order valence-electron chi connectivity index (χ1n) is 20.3. The summed E-state index contributed by atoms with van der Waals surface area (Å²) in [7, 11) is 0. The molecule has 0 unspecified atom stereocenters. The number of para-hydroxylation sites is 2. The summed E-state index contributed by atoms with van der Waals surface area (Å²) < 4.78 is 9.04. The van der Waals surface area contributed by atoms with Gasteiger partial charge >= 0.3 is 0 Å². The second-order valence-corrected chi connectivity index (χ2v) is 17.7. The average Bonchev–Trinajstić information content (AvgIpc) is 3.88. The van der Waals surface area contributed by atoms with Gasteiger partial charge in [-0.25, -0.2) is 9.97 Å². The van der Waals surface area contributed by atoms with E-state index < -0.39 is 5.41 Å². The zero-order valence-electron chi connectivity index (χ0n) is 32.1. The number of nitrogens with zero attached hydrogens (tertiary/aromatic N) is 2. The fraction of sp³-hybridized carbons (Fsp3) is 0.111. The molecule has 1 spiro atoms. The zero-order valence-corrected chi connectivity index (χ0v) is 33.0. The predicted octanol–water partition coefficient (Wildman–Crippen LogP) is 13.9. The average molecular weight is 761 g/mol. The highest BCUT2D eigenvalue weighted by atomic mass is 32.1. The molecule has 0 saturated heterocycles. The van der Waals surface area contributed by atoms with Crippen LogP contribution in [0.15, 0.2) is 152 Å². The Morgan fingerprint density at radius 1 is 0.586 bits per heavy atom. The van der Waals surface area contributed by atoms with E-state index in [2.05, 4.69) is 172 Å². The van der Waals surface area contributed by atoms with Crippen LogP contribution in [-0.2, 0) is 17.3 Å². The Bertz CT molecular complexity index is 3270. The lowest BCUT2D eigenvalue weighted by Gasteiger charge is -2.39. The number of hydrogen-bond acceptors (Lipinski definition) is 4. The molecule has 0 fully saturated rings. The molecule has 0 saturated carbocycles. The Labute approximate surface area is 341 Å². The standard InChI is InChI=1S/C54H36N2OS/c1-53(2)38-19-7-5-16-34(38)37-30-32(27-28-39(37)53)52-55-49-35-17-6-12-25-46(35)58-51(49)50(56-52)36-18-13-22-42-48(36)47-33-15-4-3-14-31(33)26-29-43(47)54(42)40-20-8-10-23-44(40)57-45-24-11-9-21-41(45)54/h4-13,15-30H,3,14H2,1-2H3. The van der Waals surface area contributed by atoms with E-state index in [-0.39, 0.29) is 5.41 Å². The molecule has 3 aliphatic carbocycles. The van der Waals surface area contributed by atoms with Gasteiger partial charge in [0.25, 0.3) is 0 Å². The van der Waals surface area contributed by atoms with Gasteiger partial charge in [0, 0.05) is 37.8 Å². The molecular formula is C54H36N2OS. The third-order valence-electron chi connectivity index (χ3n) is 13.4. The molecule has 3 heterocycles. The van der Waals surface area contributed by atoms with E-state index in [1.807, 2.05) is 0 Å². The molecule has 0 bridgehead atoms. The maximum absolute atomic E-state index is 6.71. The molecule has 0 atom stereocenters. The molecule has 3 nitrogen and oxygen atoms in total. The first kappa shape index (κ1) is 32.5. The third-order valence-corrected chi connectivity index (χ3v) is 14.6. The summed E-state index contributed by atoms with van der Waals surface area (Å²) in [5.74, 6) is 2.55. The van der Waals surface area contributed by atoms with Crippen LogP contribution in [0.2, 0.25) is 0 Å². The third kappa shape index (κ3) is 4.08. The van der Waals surface area contributed by atoms with Gasteiger partial charge in [0.1, 0.15) is 11.5 Å². The van der Waals surface area contributed by atoms with Crippen molar-refractivity contribution < 1.29 is 4.74 Å². The molecule has 2 aromatic heterocycles. The minimum Gasteiger partial charge on any atom is -0.457 e. The number of allylic oxidation sites excluding steroid dienone is 1. The summed E-state index contributed by atoms with van der Waals surface area (Å²) in [6.45, 7) is 4.67. The minimum absolute atomic E-state index is 0.0765. The van der Waals surface area contributed by atoms with Crippen LogP contribution in [0.1, 0.15) is 64.8 Å². The number of rotatable bonds is 2. The Morgan fingerprint density at radius 3 is 2.10 bits per heavy atom. The van der Waals surface area contributed by atoms with Crippen LogP contribution in [0.3, 0.4) is 0 Å². The topological polar surface area (TPSA) is 35.0 Å². The number of aryl methyl sites for hydroxylation is 1. The summed E-state index contributed by atoms with van der Waals surface area (Å²) in [4.78, 5) is 11.2. The van der Waals surface area contributed by atoms with Crippen molar-refractivity contribution in [2.75, 3.05) is 0 Å². The van der Waals surface area contributed by atoms with E-state index in [4.69, 9.17) is 14.7 Å². The molecule has 274 valence electrons. The molecular weight excluding hydrogens is 725 g/mol. The molecule has 0 amide bonds. The normalized spacial score (nSPS) is 15.6. The van der Waals surface area contributed by atoms with Gasteiger partial charge in [-0.05, 0) is 92.7 Å². The number of thiophene rings is 1. The first-order valence-corrected chi connectivity index (χ1v) is 21.1. The van der Waals surface area contributed by atoms with Crippen molar-refractivity contribution >= 4 is 37.7 Å². The fourth-order valence-electron chi connectivity index (χ4n) is 10.9. The molecule has 7 aromatic carbocycles. The number of fused-ring (bicyclic) bond motifs is 17. The van der Waals surface area contributed by atoms with Crippen molar-refractivity contribution in [2.24, 2.45) is 0 Å². The fourth-order valence-corrected chi connectivity index (χ4v) is 12.1. The Hall–Kier alpha value is -6.62. The van der Waals surface area contributed by atoms with Crippen LogP contribution in [0.4, 0.5) is 0 Å². The quantitative estimate of drug-likeness (QED) is 0.176. The van der Waals surface area contributed by atoms with Crippen molar-refractivity contribution in [1.82, 2.24) is 9.97 Å². The van der Waals surface area contributed by atoms with Gasteiger partial charge in [0.05, 0.1) is 21.3 Å². The number of aromatic nitrogens is 2. The highest BCUT2D eigenvalue weighted by Crippen LogP contribution is 2.65. The van der Waals surface area contributed by atoms with Gasteiger partial charge in [-0.2, -0.15) is 0 Å². The molecule has 4 aliphatic rings. The van der Waals surface area contributed by atoms with Crippen molar-refractivity contribution in [3.05, 3.63) is 196 Å². The second-order valence-electron chi connectivity index (χ2n) is 16.7. The van der Waals surface area contributed by atoms with Crippen molar-refractivity contribution in [3.63, 3.8) is 0 Å². The second kappa shape index (κ2) is 11.5. The van der Waals surface area contributed by atoms with Crippen LogP contribution in [0.25, 0.3) is 71.3 Å². The van der Waals surface area contributed by atoms with Crippen molar-refractivity contribution in [1.29, 1.82) is 0 Å². The van der Waals surface area contributed by atoms with E-state index in [1.165, 1.54) is 71.5 Å². The lowest BCUT2D eigenvalue weighted by Crippen LogP contribution is -2.32. The maximum Gasteiger partial charge on any atom is 0.160 e. The summed E-state index contributed by atoms with van der Waals surface area (Å²) in [6.07, 6.45) is 6.79. The molecule has 13 rings (SSSR count). The molecule has 58 heavy (non-hydrogen) atoms. The summed E-state index contributed by atoms with van der Waals surface area (Å²) in [5.41, 5.74) is 18.9. The van der Waals surface area contributed by atoms with Crippen LogP contribution < -0.4 is 4.74 Å². The van der Waals surface area contributed by atoms with E-state index in [9.17, 15) is 0 Å². The van der Waals surface area contributed by atoms with Crippen LogP contribution >= 0.6 is 11.3 Å². The zero-order chi connectivity index (χ0) is 38.3. The maximum atomic E-state index is 6.71. The Morgan fingerprint density at radius 2 is 1.26 bits per heavy atom. The van der Waals surface area contributed by atoms with Crippen LogP contribution in [0.5, 0.6) is 11.5 Å². The Balaban J connectivity index is 1.15. The van der Waals surface area contributed by atoms with Gasteiger partial charge in [-0.1, -0.05) is 147 Å². The van der Waals surface area contributed by atoms with Crippen molar-refractivity contribution in [2.45, 2.75) is 37.5 Å². The van der Waals surface area contributed by atoms with E-state index in [0.717, 1.165) is 62.6 Å². The number of ether oxygens (including phenoxy) is 1. The first-order chi connectivity index (χ1) is 28.5. The minimum atomic E-state index is -0.582. The SMILES string of the molecule is CC1(C)c2ccccc2-c2cc(-c3nc(-c4cccc5c4-c4c(ccc6c4C=CCC6)C54c5ccccc5Oc5ccccc54)c4sc5ccccc5c4n3)ccc21. The van der Waals surface area contributed by atoms with Crippen LogP contribution in [0, 0.1) is 0 Å². The highest BCUT2D eigenvalue weighted by molar-refractivity contribution is 7.26. The largest absolute Gasteiger partial charge is 0.457 e. The Kier molecular flexibility index (Phi) is 6.43. The van der Waals surface area contributed by atoms with Gasteiger partial charge in [-0.15, -0.1) is 11.3 Å². The number of hydrogen-bond donors (Lipinski definition) is 0. The lowest BCUT2D eigenvalue weighted by molar-refractivity contribution is 0.436. The summed E-state index contributed by atoms with van der Waals surface area (Å²) >= 11 is 1.80. The molecule has 4 heteroatoms. The van der Waals surface area contributed by atoms with Crippen molar-refractivity contribution in [3.8, 4) is 56.4 Å². The molecule has 0 N–H and O–H groups in total. The number of benzene rings is 7. The van der Waals surface area contributed by atoms with Gasteiger partial charge in [-0.3, -0.25) is 0 Å². The lowest BCUT2D eigenvalue weighted by atomic mass is 9.66. The molecule has 0 radical (unpaired) electrons. The monoisotopic (exact) mass is 760 g/mol. The van der Waals surface area contributed by atoms with E-state index in [1.54, 1.807) is 11.3 Å². The highest BCUT2D eigenvalue weighted by Gasteiger charge is 2.52. The molecule has 9 aromatic rings. The summed E-state index contributed by atoms with van der Waals surface area (Å²) in [5, 5.41) is 1.16. The van der Waals surface area contributed by atoms with Gasteiger partial charge < -0.3 is 4.74 Å². The van der Waals surface area contributed by atoms with Gasteiger partial charge in [0.2, 0.25) is 0 Å². The predicted molar refractivity (Wildman–Crippen MR) is 238 cm³/mol. The summed E-state index contributed by atoms with van der Waals surface area (Å²) in [6, 6.07) is 53.4. The van der Waals surface area contributed by atoms with Crippen LogP contribution in [-0.4, -0.2) is 9.97 Å².